The van der Waals surface area contributed by atoms with Gasteiger partial charge in [0.25, 0.3) is 0 Å². The largest absolute Gasteiger partial charge is 0.494 e. The molecule has 0 fully saturated rings. The zero-order chi connectivity index (χ0) is 23.8. The molecule has 0 atom stereocenters. The van der Waals surface area contributed by atoms with E-state index in [0.29, 0.717) is 23.4 Å². The molecule has 4 aromatic heterocycles. The van der Waals surface area contributed by atoms with Gasteiger partial charge in [0.05, 0.1) is 24.7 Å². The number of nitrogens with one attached hydrogen (secondary N) is 1. The first kappa shape index (κ1) is 21.7. The van der Waals surface area contributed by atoms with Gasteiger partial charge in [-0.3, -0.25) is 4.68 Å². The highest BCUT2D eigenvalue weighted by molar-refractivity contribution is 5.85. The lowest BCUT2D eigenvalue weighted by Crippen LogP contribution is -2.07. The van der Waals surface area contributed by atoms with Crippen molar-refractivity contribution in [3.8, 4) is 5.75 Å². The molecule has 5 aromatic rings. The summed E-state index contributed by atoms with van der Waals surface area (Å²) in [5, 5.41) is 8.20. The molecule has 34 heavy (non-hydrogen) atoms. The normalized spacial score (nSPS) is 11.4. The molecule has 0 spiro atoms. The lowest BCUT2D eigenvalue weighted by atomic mass is 10.2. The van der Waals surface area contributed by atoms with Gasteiger partial charge >= 0.3 is 0 Å². The predicted octanol–water partition coefficient (Wildman–Crippen LogP) is 4.29. The minimum atomic E-state index is -0.743. The van der Waals surface area contributed by atoms with E-state index in [4.69, 9.17) is 4.74 Å². The van der Waals surface area contributed by atoms with Crippen LogP contribution in [0.15, 0.2) is 43.0 Å². The zero-order valence-electron chi connectivity index (χ0n) is 19.0. The van der Waals surface area contributed by atoms with Crippen LogP contribution in [0.1, 0.15) is 29.4 Å². The Hall–Kier alpha value is -4.08. The molecular formula is C24H23F2N7O. The number of fused-ring (bicyclic) bond motifs is 2. The summed E-state index contributed by atoms with van der Waals surface area (Å²) in [7, 11) is 1.34. The van der Waals surface area contributed by atoms with Gasteiger partial charge in [0, 0.05) is 30.2 Å². The fraction of sp³-hybridized carbons (Fsp3) is 0.250. The number of pyridine rings is 1. The SMILES string of the molecule is CCc1nc2ccc(Cn3cc4c(NCc5c(F)ccc(OC)c5F)ncnc4n3)cn2c1C. The molecule has 0 unspecified atom stereocenters. The third kappa shape index (κ3) is 3.81. The van der Waals surface area contributed by atoms with Crippen molar-refractivity contribution in [2.45, 2.75) is 33.4 Å². The average Bonchev–Trinajstić information content (AvgIpc) is 3.39. The van der Waals surface area contributed by atoms with Gasteiger partial charge in [-0.1, -0.05) is 13.0 Å². The van der Waals surface area contributed by atoms with E-state index in [-0.39, 0.29) is 17.9 Å². The van der Waals surface area contributed by atoms with Gasteiger partial charge in [-0.05, 0) is 37.1 Å². The van der Waals surface area contributed by atoms with Crippen molar-refractivity contribution in [3.63, 3.8) is 0 Å². The van der Waals surface area contributed by atoms with Gasteiger partial charge in [-0.15, -0.1) is 0 Å². The molecule has 0 aliphatic heterocycles. The van der Waals surface area contributed by atoms with Gasteiger partial charge < -0.3 is 14.5 Å². The molecule has 0 saturated heterocycles. The van der Waals surface area contributed by atoms with E-state index >= 15 is 0 Å². The Morgan fingerprint density at radius 3 is 2.74 bits per heavy atom. The Morgan fingerprint density at radius 2 is 1.94 bits per heavy atom. The highest BCUT2D eigenvalue weighted by atomic mass is 19.1. The summed E-state index contributed by atoms with van der Waals surface area (Å²) in [4.78, 5) is 13.1. The molecule has 0 aliphatic rings. The number of methoxy groups -OCH3 is 1. The van der Waals surface area contributed by atoms with Crippen LogP contribution in [0.2, 0.25) is 0 Å². The molecule has 4 heterocycles. The van der Waals surface area contributed by atoms with Crippen LogP contribution in [-0.2, 0) is 19.5 Å². The Labute approximate surface area is 194 Å². The van der Waals surface area contributed by atoms with Crippen molar-refractivity contribution in [1.29, 1.82) is 0 Å². The summed E-state index contributed by atoms with van der Waals surface area (Å²) in [5.74, 6) is -0.989. The summed E-state index contributed by atoms with van der Waals surface area (Å²) < 4.78 is 37.5. The predicted molar refractivity (Wildman–Crippen MR) is 124 cm³/mol. The van der Waals surface area contributed by atoms with Crippen LogP contribution in [-0.4, -0.2) is 36.2 Å². The minimum Gasteiger partial charge on any atom is -0.494 e. The van der Waals surface area contributed by atoms with E-state index in [9.17, 15) is 8.78 Å². The van der Waals surface area contributed by atoms with Gasteiger partial charge in [0.2, 0.25) is 0 Å². The lowest BCUT2D eigenvalue weighted by Gasteiger charge is -2.10. The number of halogens is 2. The third-order valence-electron chi connectivity index (χ3n) is 5.86. The second-order valence-electron chi connectivity index (χ2n) is 7.94. The number of imidazole rings is 1. The first-order valence-corrected chi connectivity index (χ1v) is 10.9. The van der Waals surface area contributed by atoms with Crippen molar-refractivity contribution < 1.29 is 13.5 Å². The average molecular weight is 463 g/mol. The standard InChI is InChI=1S/C24H23F2N7O/c1-4-19-14(2)33-11-15(5-8-21(33)30-19)10-32-12-17-23(28-13-29-24(17)31-32)27-9-16-18(25)6-7-20(34-3)22(16)26/h5-8,11-13H,4,9-10H2,1-3H3,(H,27,28,29,31). The number of aromatic nitrogens is 6. The number of ether oxygens (including phenoxy) is 1. The number of anilines is 1. The number of rotatable bonds is 7. The summed E-state index contributed by atoms with van der Waals surface area (Å²) in [6.45, 7) is 4.56. The third-order valence-corrected chi connectivity index (χ3v) is 5.86. The van der Waals surface area contributed by atoms with Crippen molar-refractivity contribution in [3.05, 3.63) is 77.1 Å². The molecule has 0 amide bonds. The first-order valence-electron chi connectivity index (χ1n) is 10.9. The molecule has 0 aliphatic carbocycles. The van der Waals surface area contributed by atoms with E-state index in [1.54, 1.807) is 4.68 Å². The highest BCUT2D eigenvalue weighted by Gasteiger charge is 2.16. The van der Waals surface area contributed by atoms with Crippen molar-refractivity contribution in [1.82, 2.24) is 29.1 Å². The number of benzene rings is 1. The van der Waals surface area contributed by atoms with Crippen molar-refractivity contribution >= 4 is 22.5 Å². The summed E-state index contributed by atoms with van der Waals surface area (Å²) >= 11 is 0. The Balaban J connectivity index is 1.41. The van der Waals surface area contributed by atoms with E-state index in [0.717, 1.165) is 29.0 Å². The van der Waals surface area contributed by atoms with Gasteiger partial charge in [0.15, 0.2) is 17.2 Å². The summed E-state index contributed by atoms with van der Waals surface area (Å²) in [6.07, 6.45) is 6.12. The summed E-state index contributed by atoms with van der Waals surface area (Å²) in [6, 6.07) is 6.45. The quantitative estimate of drug-likeness (QED) is 0.388. The van der Waals surface area contributed by atoms with Crippen LogP contribution >= 0.6 is 0 Å². The number of aryl methyl sites for hydroxylation is 2. The Morgan fingerprint density at radius 1 is 1.09 bits per heavy atom. The minimum absolute atomic E-state index is 0.0185. The molecule has 10 heteroatoms. The summed E-state index contributed by atoms with van der Waals surface area (Å²) in [5.41, 5.74) is 4.52. The van der Waals surface area contributed by atoms with Gasteiger partial charge in [0.1, 0.15) is 23.6 Å². The van der Waals surface area contributed by atoms with E-state index in [2.05, 4.69) is 49.8 Å². The van der Waals surface area contributed by atoms with Gasteiger partial charge in [-0.2, -0.15) is 5.10 Å². The number of hydrogen-bond acceptors (Lipinski definition) is 6. The molecular weight excluding hydrogens is 440 g/mol. The van der Waals surface area contributed by atoms with E-state index in [1.807, 2.05) is 18.3 Å². The second kappa shape index (κ2) is 8.69. The fourth-order valence-electron chi connectivity index (χ4n) is 4.04. The monoisotopic (exact) mass is 463 g/mol. The Kier molecular flexibility index (Phi) is 5.56. The second-order valence-corrected chi connectivity index (χ2v) is 7.94. The molecule has 1 aromatic carbocycles. The van der Waals surface area contributed by atoms with Crippen LogP contribution in [0.3, 0.4) is 0 Å². The molecule has 0 saturated carbocycles. The molecule has 174 valence electrons. The molecule has 1 N–H and O–H groups in total. The fourth-order valence-corrected chi connectivity index (χ4v) is 4.04. The van der Waals surface area contributed by atoms with E-state index in [1.165, 1.54) is 25.6 Å². The van der Waals surface area contributed by atoms with Crippen LogP contribution in [0.5, 0.6) is 5.75 Å². The maximum Gasteiger partial charge on any atom is 0.186 e. The number of hydrogen-bond donors (Lipinski definition) is 1. The first-order chi connectivity index (χ1) is 16.5. The zero-order valence-corrected chi connectivity index (χ0v) is 19.0. The molecule has 0 bridgehead atoms. The smallest absolute Gasteiger partial charge is 0.186 e. The van der Waals surface area contributed by atoms with Crippen molar-refractivity contribution in [2.24, 2.45) is 0 Å². The molecule has 5 rings (SSSR count). The van der Waals surface area contributed by atoms with Crippen LogP contribution < -0.4 is 10.1 Å². The van der Waals surface area contributed by atoms with E-state index < -0.39 is 11.6 Å². The van der Waals surface area contributed by atoms with Gasteiger partial charge in [-0.25, -0.2) is 23.7 Å². The highest BCUT2D eigenvalue weighted by Crippen LogP contribution is 2.25. The molecule has 8 nitrogen and oxygen atoms in total. The maximum atomic E-state index is 14.5. The Bertz CT molecular complexity index is 1510. The topological polar surface area (TPSA) is 82.2 Å². The van der Waals surface area contributed by atoms with Crippen LogP contribution in [0.4, 0.5) is 14.6 Å². The van der Waals surface area contributed by atoms with Crippen molar-refractivity contribution in [2.75, 3.05) is 12.4 Å². The maximum absolute atomic E-state index is 14.5. The number of nitrogens with zero attached hydrogens (tertiary/aromatic N) is 6. The molecule has 0 radical (unpaired) electrons. The lowest BCUT2D eigenvalue weighted by molar-refractivity contribution is 0.381. The van der Waals surface area contributed by atoms with Crippen LogP contribution in [0, 0.1) is 18.6 Å². The van der Waals surface area contributed by atoms with Crippen LogP contribution in [0.25, 0.3) is 16.7 Å².